The molecule has 0 aliphatic carbocycles. The Labute approximate surface area is 414 Å². The third kappa shape index (κ3) is 13.5. The van der Waals surface area contributed by atoms with Crippen molar-refractivity contribution >= 4 is 57.8 Å². The van der Waals surface area contributed by atoms with Crippen LogP contribution in [-0.4, -0.2) is 41.6 Å². The van der Waals surface area contributed by atoms with Gasteiger partial charge in [-0.15, -0.1) is 34.3 Å². The molecule has 376 valence electrons. The SMILES string of the molecule is C.CC(C)(C)OC(=O)N1CCc2c1ccc(O)c2F.CC(C)(C)OC(=O)N1CCc2c1ccc(OCc1cc(-c3ccccc3)c(C(F)(F)F)s1)c2F.FC(F)(F)c1sc(CCl)cc1-c1ccccc1. The summed E-state index contributed by atoms with van der Waals surface area (Å²) >= 11 is 6.88. The van der Waals surface area contributed by atoms with E-state index in [2.05, 4.69) is 0 Å². The fourth-order valence-corrected chi connectivity index (χ4v) is 9.33. The molecule has 0 unspecified atom stereocenters. The first-order chi connectivity index (χ1) is 32.3. The molecule has 0 bridgehead atoms. The second kappa shape index (κ2) is 22.1. The quantitative estimate of drug-likeness (QED) is 0.132. The van der Waals surface area contributed by atoms with Gasteiger partial charge in [0.25, 0.3) is 0 Å². The number of carbonyl (C=O) groups excluding carboxylic acids is 2. The lowest BCUT2D eigenvalue weighted by molar-refractivity contribution is -0.134. The summed E-state index contributed by atoms with van der Waals surface area (Å²) in [6.07, 6.45) is -9.24. The Morgan fingerprint density at radius 2 is 1.04 bits per heavy atom. The van der Waals surface area contributed by atoms with E-state index in [1.54, 1.807) is 108 Å². The summed E-state index contributed by atoms with van der Waals surface area (Å²) in [5, 5.41) is 9.29. The Morgan fingerprint density at radius 1 is 0.629 bits per heavy atom. The summed E-state index contributed by atoms with van der Waals surface area (Å²) in [6, 6.07) is 25.5. The van der Waals surface area contributed by atoms with Gasteiger partial charge in [-0.2, -0.15) is 26.3 Å². The molecular formula is C51H51ClF8N2O6S2. The van der Waals surface area contributed by atoms with Crippen LogP contribution in [-0.2, 0) is 47.2 Å². The van der Waals surface area contributed by atoms with E-state index in [4.69, 9.17) is 25.8 Å². The van der Waals surface area contributed by atoms with Gasteiger partial charge in [-0.05, 0) is 102 Å². The topological polar surface area (TPSA) is 88.5 Å². The van der Waals surface area contributed by atoms with Crippen LogP contribution >= 0.6 is 34.3 Å². The maximum Gasteiger partial charge on any atom is 0.426 e. The lowest BCUT2D eigenvalue weighted by atomic mass is 10.1. The molecule has 0 spiro atoms. The van der Waals surface area contributed by atoms with Crippen molar-refractivity contribution in [2.75, 3.05) is 22.9 Å². The molecule has 8 rings (SSSR count). The molecule has 4 aromatic carbocycles. The number of halogens is 9. The van der Waals surface area contributed by atoms with E-state index >= 15 is 4.39 Å². The van der Waals surface area contributed by atoms with E-state index in [1.807, 2.05) is 0 Å². The predicted octanol–water partition coefficient (Wildman–Crippen LogP) is 16.1. The smallest absolute Gasteiger partial charge is 0.426 e. The highest BCUT2D eigenvalue weighted by molar-refractivity contribution is 7.13. The van der Waals surface area contributed by atoms with Crippen LogP contribution in [0.2, 0.25) is 0 Å². The second-order valence-electron chi connectivity index (χ2n) is 17.6. The van der Waals surface area contributed by atoms with Gasteiger partial charge in [-0.1, -0.05) is 68.1 Å². The van der Waals surface area contributed by atoms with E-state index in [0.29, 0.717) is 79.0 Å². The molecule has 8 nitrogen and oxygen atoms in total. The van der Waals surface area contributed by atoms with Crippen LogP contribution in [0.5, 0.6) is 11.5 Å². The maximum atomic E-state index is 15.1. The third-order valence-electron chi connectivity index (χ3n) is 10.1. The van der Waals surface area contributed by atoms with Gasteiger partial charge in [0.1, 0.15) is 27.6 Å². The van der Waals surface area contributed by atoms with Crippen molar-refractivity contribution in [2.24, 2.45) is 0 Å². The standard InChI is InChI=1S/C25H23F4NO3S.C13H16FNO3.C12H8ClF3S.CH4/c1-24(2,3)33-23(31)30-12-11-17-19(30)9-10-20(21(17)26)32-14-16-13-18(15-7-5-4-6-8-15)22(34-16)25(27,28)29;1-13(2,3)18-12(17)15-7-6-8-9(15)4-5-10(16)11(8)14;13-7-9-6-10(8-4-2-1-3-5-8)11(17-9)12(14,15)16;/h4-10,13H,11-12,14H2,1-3H3;4-5,16H,6-7H2,1-3H3;1-6H,7H2;1H4. The predicted molar refractivity (Wildman–Crippen MR) is 259 cm³/mol. The summed E-state index contributed by atoms with van der Waals surface area (Å²) < 4.78 is 124. The van der Waals surface area contributed by atoms with E-state index in [9.17, 15) is 45.4 Å². The first kappa shape index (κ1) is 55.1. The lowest BCUT2D eigenvalue weighted by Crippen LogP contribution is -2.35. The molecule has 70 heavy (non-hydrogen) atoms. The van der Waals surface area contributed by atoms with Gasteiger partial charge in [0, 0.05) is 45.1 Å². The van der Waals surface area contributed by atoms with Crippen LogP contribution in [0.15, 0.2) is 97.1 Å². The van der Waals surface area contributed by atoms with E-state index in [0.717, 1.165) is 0 Å². The Balaban J connectivity index is 0.000000214. The average Bonchev–Trinajstić information content (AvgIpc) is 4.09. The highest BCUT2D eigenvalue weighted by Gasteiger charge is 2.38. The molecule has 19 heteroatoms. The summed E-state index contributed by atoms with van der Waals surface area (Å²) in [6.45, 7) is 11.0. The highest BCUT2D eigenvalue weighted by atomic mass is 35.5. The molecule has 1 N–H and O–H groups in total. The number of nitrogens with zero attached hydrogens (tertiary/aromatic N) is 2. The molecule has 0 atom stereocenters. The fraction of sp³-hybridized carbons (Fsp3) is 0.333. The number of alkyl halides is 7. The maximum absolute atomic E-state index is 15.1. The zero-order chi connectivity index (χ0) is 50.6. The summed E-state index contributed by atoms with van der Waals surface area (Å²) in [5.74, 6) is -1.65. The van der Waals surface area contributed by atoms with Crippen molar-refractivity contribution in [1.82, 2.24) is 0 Å². The molecule has 4 heterocycles. The van der Waals surface area contributed by atoms with Crippen LogP contribution < -0.4 is 14.5 Å². The minimum absolute atomic E-state index is 0. The lowest BCUT2D eigenvalue weighted by Gasteiger charge is -2.24. The molecule has 2 aliphatic heterocycles. The first-order valence-corrected chi connectivity index (χ1v) is 23.4. The van der Waals surface area contributed by atoms with Crippen LogP contribution in [0.25, 0.3) is 22.3 Å². The van der Waals surface area contributed by atoms with E-state index < -0.39 is 57.1 Å². The number of aromatic hydroxyl groups is 1. The number of rotatable bonds is 6. The molecule has 0 fully saturated rings. The largest absolute Gasteiger partial charge is 0.505 e. The Bertz CT molecular complexity index is 2770. The van der Waals surface area contributed by atoms with Crippen LogP contribution in [0.3, 0.4) is 0 Å². The number of phenolic OH excluding ortho intramolecular Hbond substituents is 1. The summed E-state index contributed by atoms with van der Waals surface area (Å²) in [7, 11) is 0. The van der Waals surface area contributed by atoms with Crippen molar-refractivity contribution in [3.05, 3.63) is 139 Å². The normalized spacial score (nSPS) is 13.2. The van der Waals surface area contributed by atoms with Crippen molar-refractivity contribution in [3.8, 4) is 33.8 Å². The Morgan fingerprint density at radius 3 is 1.47 bits per heavy atom. The van der Waals surface area contributed by atoms with Gasteiger partial charge in [0.15, 0.2) is 23.1 Å². The Hall–Kier alpha value is -5.85. The Kier molecular flexibility index (Phi) is 17.4. The fourth-order valence-electron chi connectivity index (χ4n) is 7.24. The molecule has 0 saturated carbocycles. The van der Waals surface area contributed by atoms with Gasteiger partial charge in [-0.25, -0.2) is 18.4 Å². The monoisotopic (exact) mass is 1040 g/mol. The summed E-state index contributed by atoms with van der Waals surface area (Å²) in [5.41, 5.74) is 1.57. The minimum atomic E-state index is -4.52. The zero-order valence-electron chi connectivity index (χ0n) is 38.1. The van der Waals surface area contributed by atoms with E-state index in [1.165, 1.54) is 40.1 Å². The second-order valence-corrected chi connectivity index (χ2v) is 20.1. The third-order valence-corrected chi connectivity index (χ3v) is 12.9. The number of phenols is 1. The first-order valence-electron chi connectivity index (χ1n) is 21.3. The molecule has 2 aromatic heterocycles. The van der Waals surface area contributed by atoms with Crippen molar-refractivity contribution in [2.45, 2.75) is 97.9 Å². The number of anilines is 2. The number of ether oxygens (including phenoxy) is 3. The number of thiophene rings is 2. The van der Waals surface area contributed by atoms with Gasteiger partial charge in [0.05, 0.1) is 17.3 Å². The molecule has 6 aromatic rings. The molecular weight excluding hydrogens is 988 g/mol. The van der Waals surface area contributed by atoms with Crippen LogP contribution in [0.4, 0.5) is 56.1 Å². The van der Waals surface area contributed by atoms with Crippen molar-refractivity contribution < 1.29 is 64.0 Å². The zero-order valence-corrected chi connectivity index (χ0v) is 40.5. The number of benzene rings is 4. The molecule has 2 amide bonds. The minimum Gasteiger partial charge on any atom is -0.505 e. The highest BCUT2D eigenvalue weighted by Crippen LogP contribution is 2.45. The van der Waals surface area contributed by atoms with E-state index in [-0.39, 0.29) is 55.5 Å². The van der Waals surface area contributed by atoms with Crippen LogP contribution in [0, 0.1) is 11.6 Å². The van der Waals surface area contributed by atoms with Gasteiger partial charge < -0.3 is 19.3 Å². The summed E-state index contributed by atoms with van der Waals surface area (Å²) in [4.78, 5) is 26.7. The number of carbonyl (C=O) groups is 2. The molecule has 0 radical (unpaired) electrons. The average molecular weight is 1040 g/mol. The molecule has 2 aliphatic rings. The van der Waals surface area contributed by atoms with Crippen molar-refractivity contribution in [3.63, 3.8) is 0 Å². The number of fused-ring (bicyclic) bond motifs is 2. The number of amides is 2. The van der Waals surface area contributed by atoms with Crippen molar-refractivity contribution in [1.29, 1.82) is 0 Å². The van der Waals surface area contributed by atoms with Gasteiger partial charge in [0.2, 0.25) is 0 Å². The molecule has 0 saturated heterocycles. The number of hydrogen-bond donors (Lipinski definition) is 1. The van der Waals surface area contributed by atoms with Gasteiger partial charge in [-0.3, -0.25) is 9.80 Å². The number of hydrogen-bond acceptors (Lipinski definition) is 8. The van der Waals surface area contributed by atoms with Gasteiger partial charge >= 0.3 is 24.5 Å². The van der Waals surface area contributed by atoms with Crippen LogP contribution in [0.1, 0.15) is 79.6 Å².